The highest BCUT2D eigenvalue weighted by molar-refractivity contribution is 6.31. The lowest BCUT2D eigenvalue weighted by molar-refractivity contribution is -0.138. The molecule has 0 radical (unpaired) electrons. The molecule has 3 atom stereocenters. The number of benzene rings is 1. The lowest BCUT2D eigenvalue weighted by Gasteiger charge is -2.39. The molecule has 2 saturated carbocycles. The first kappa shape index (κ1) is 23.1. The van der Waals surface area contributed by atoms with Crippen LogP contribution in [0.1, 0.15) is 45.1 Å². The number of hydrogen-bond donors (Lipinski definition) is 2. The number of carbonyl (C=O) groups excluding carboxylic acids is 1. The maximum absolute atomic E-state index is 12.2. The van der Waals surface area contributed by atoms with E-state index in [0.717, 1.165) is 47.1 Å². The van der Waals surface area contributed by atoms with Crippen LogP contribution in [0.15, 0.2) is 34.5 Å². The van der Waals surface area contributed by atoms with Crippen LogP contribution in [0.25, 0.3) is 0 Å². The fourth-order valence-corrected chi connectivity index (χ4v) is 5.59. The first-order valence-corrected chi connectivity index (χ1v) is 12.1. The Morgan fingerprint density at radius 3 is 2.78 bits per heavy atom. The van der Waals surface area contributed by atoms with E-state index >= 15 is 0 Å². The molecule has 1 aliphatic heterocycles. The maximum atomic E-state index is 12.2. The van der Waals surface area contributed by atoms with Crippen LogP contribution in [0.2, 0.25) is 5.02 Å². The summed E-state index contributed by atoms with van der Waals surface area (Å²) in [6.07, 6.45) is 2.86. The zero-order valence-electron chi connectivity index (χ0n) is 19.2. The molecule has 32 heavy (non-hydrogen) atoms. The maximum Gasteiger partial charge on any atom is 0.354 e. The minimum Gasteiger partial charge on any atom is -0.461 e. The molecule has 174 valence electrons. The normalized spacial score (nSPS) is 29.1. The lowest BCUT2D eigenvalue weighted by atomic mass is 9.87. The minimum absolute atomic E-state index is 0.214. The van der Waals surface area contributed by atoms with Gasteiger partial charge in [-0.3, -0.25) is 4.99 Å². The molecule has 3 aliphatic rings. The number of nitrogens with two attached hydrogens (primary N) is 1. The summed E-state index contributed by atoms with van der Waals surface area (Å²) in [4.78, 5) is 19.3. The fourth-order valence-electron chi connectivity index (χ4n) is 5.42. The van der Waals surface area contributed by atoms with E-state index in [1.54, 1.807) is 6.92 Å². The summed E-state index contributed by atoms with van der Waals surface area (Å²) in [6.45, 7) is 8.43. The van der Waals surface area contributed by atoms with Gasteiger partial charge in [0.15, 0.2) is 0 Å². The van der Waals surface area contributed by atoms with Crippen molar-refractivity contribution >= 4 is 29.0 Å². The molecule has 4 rings (SSSR count). The van der Waals surface area contributed by atoms with Crippen molar-refractivity contribution in [3.8, 4) is 0 Å². The monoisotopic (exact) mass is 459 g/mol. The smallest absolute Gasteiger partial charge is 0.354 e. The third-order valence-electron chi connectivity index (χ3n) is 7.57. The van der Waals surface area contributed by atoms with Gasteiger partial charge in [-0.15, -0.1) is 0 Å². The number of anilines is 1. The lowest BCUT2D eigenvalue weighted by Crippen LogP contribution is -2.45. The molecule has 0 bridgehead atoms. The summed E-state index contributed by atoms with van der Waals surface area (Å²) in [5, 5.41) is 11.9. The Hall–Kier alpha value is -2.05. The van der Waals surface area contributed by atoms with Crippen molar-refractivity contribution in [2.75, 3.05) is 31.1 Å². The van der Waals surface area contributed by atoms with Crippen molar-refractivity contribution in [2.24, 2.45) is 28.5 Å². The van der Waals surface area contributed by atoms with E-state index in [1.165, 1.54) is 0 Å². The molecule has 0 amide bonds. The van der Waals surface area contributed by atoms with Crippen molar-refractivity contribution in [3.63, 3.8) is 0 Å². The third-order valence-corrected chi connectivity index (χ3v) is 7.98. The third kappa shape index (κ3) is 4.40. The molecule has 2 aliphatic carbocycles. The van der Waals surface area contributed by atoms with E-state index in [0.29, 0.717) is 50.2 Å². The van der Waals surface area contributed by atoms with Crippen LogP contribution in [0.3, 0.4) is 0 Å². The molecule has 1 heterocycles. The van der Waals surface area contributed by atoms with Crippen LogP contribution in [-0.4, -0.2) is 48.6 Å². The van der Waals surface area contributed by atoms with Gasteiger partial charge in [0.25, 0.3) is 0 Å². The Bertz CT molecular complexity index is 950. The number of carbonyl (C=O) groups is 1. The van der Waals surface area contributed by atoms with Crippen LogP contribution in [0.4, 0.5) is 5.69 Å². The quantitative estimate of drug-likeness (QED) is 0.498. The predicted octanol–water partition coefficient (Wildman–Crippen LogP) is 3.87. The molecule has 3 fully saturated rings. The summed E-state index contributed by atoms with van der Waals surface area (Å²) >= 11 is 6.28. The van der Waals surface area contributed by atoms with Gasteiger partial charge in [-0.1, -0.05) is 24.6 Å². The first-order chi connectivity index (χ1) is 15.3. The van der Waals surface area contributed by atoms with Crippen molar-refractivity contribution in [1.29, 1.82) is 0 Å². The van der Waals surface area contributed by atoms with E-state index < -0.39 is 11.6 Å². The van der Waals surface area contributed by atoms with Gasteiger partial charge in [0.1, 0.15) is 5.70 Å². The van der Waals surface area contributed by atoms with Crippen molar-refractivity contribution in [2.45, 2.75) is 52.1 Å². The van der Waals surface area contributed by atoms with Gasteiger partial charge in [-0.25, -0.2) is 4.79 Å². The molecule has 0 aromatic heterocycles. The van der Waals surface area contributed by atoms with E-state index in [4.69, 9.17) is 27.1 Å². The van der Waals surface area contributed by atoms with E-state index in [1.807, 2.05) is 19.1 Å². The van der Waals surface area contributed by atoms with Crippen LogP contribution in [0, 0.1) is 24.7 Å². The van der Waals surface area contributed by atoms with Crippen molar-refractivity contribution in [1.82, 2.24) is 0 Å². The highest BCUT2D eigenvalue weighted by Gasteiger charge is 2.56. The average molecular weight is 460 g/mol. The van der Waals surface area contributed by atoms with Gasteiger partial charge in [0.2, 0.25) is 0 Å². The van der Waals surface area contributed by atoms with Gasteiger partial charge in [-0.05, 0) is 75.0 Å². The van der Waals surface area contributed by atoms with Gasteiger partial charge < -0.3 is 20.5 Å². The molecule has 0 spiro atoms. The molecule has 6 nitrogen and oxygen atoms in total. The number of hydrogen-bond acceptors (Lipinski definition) is 6. The molecule has 3 N–H and O–H groups in total. The number of aliphatic hydroxyl groups is 1. The topological polar surface area (TPSA) is 88.2 Å². The second kappa shape index (κ2) is 9.06. The summed E-state index contributed by atoms with van der Waals surface area (Å²) in [5.74, 6) is 0.951. The Kier molecular flexibility index (Phi) is 6.55. The number of aliphatic imine (C=N–C) groups is 1. The standard InChI is InChI=1S/C25H34ClN3O3/c1-4-32-24(30)23(27)22-19(14-17-15(2)21(17)22)28-11-8-25(31)9-12-29(13-10-25)20-7-5-6-18(26)16(20)3/h5-7,15,17,21,31H,4,8-14,27H2,1-3H3/t15-,17+,21-/m1/s1. The van der Waals surface area contributed by atoms with Gasteiger partial charge in [-0.2, -0.15) is 0 Å². The number of fused-ring (bicyclic) bond motifs is 1. The van der Waals surface area contributed by atoms with Gasteiger partial charge in [0.05, 0.1) is 12.2 Å². The van der Waals surface area contributed by atoms with Crippen molar-refractivity contribution < 1.29 is 14.6 Å². The SMILES string of the molecule is CCOC(=O)C(N)=C1C(=NCCC2(O)CCN(c3cccc(Cl)c3C)CC2)C[C@H]2[C@@H](C)[C@@H]12. The minimum atomic E-state index is -0.724. The second-order valence-corrected chi connectivity index (χ2v) is 9.88. The molecule has 1 saturated heterocycles. The highest BCUT2D eigenvalue weighted by atomic mass is 35.5. The van der Waals surface area contributed by atoms with Crippen LogP contribution >= 0.6 is 11.6 Å². The summed E-state index contributed by atoms with van der Waals surface area (Å²) in [7, 11) is 0. The largest absolute Gasteiger partial charge is 0.461 e. The average Bonchev–Trinajstić information content (AvgIpc) is 3.21. The second-order valence-electron chi connectivity index (χ2n) is 9.47. The first-order valence-electron chi connectivity index (χ1n) is 11.7. The molecule has 0 unspecified atom stereocenters. The van der Waals surface area contributed by atoms with Crippen LogP contribution < -0.4 is 10.6 Å². The Labute approximate surface area is 195 Å². The zero-order valence-corrected chi connectivity index (χ0v) is 20.0. The number of ether oxygens (including phenoxy) is 1. The fraction of sp³-hybridized carbons (Fsp3) is 0.600. The zero-order chi connectivity index (χ0) is 23.0. The van der Waals surface area contributed by atoms with Crippen LogP contribution in [-0.2, 0) is 9.53 Å². The summed E-state index contributed by atoms with van der Waals surface area (Å²) in [6, 6.07) is 5.97. The number of halogens is 1. The molecule has 7 heteroatoms. The van der Waals surface area contributed by atoms with Crippen LogP contribution in [0.5, 0.6) is 0 Å². The number of allylic oxidation sites excluding steroid dienone is 1. The summed E-state index contributed by atoms with van der Waals surface area (Å²) in [5.41, 5.74) is 9.70. The van der Waals surface area contributed by atoms with E-state index in [-0.39, 0.29) is 5.70 Å². The number of nitrogens with zero attached hydrogens (tertiary/aromatic N) is 2. The highest BCUT2D eigenvalue weighted by Crippen LogP contribution is 2.59. The summed E-state index contributed by atoms with van der Waals surface area (Å²) < 4.78 is 5.11. The van der Waals surface area contributed by atoms with E-state index in [2.05, 4.69) is 17.9 Å². The molecule has 1 aromatic rings. The van der Waals surface area contributed by atoms with Crippen molar-refractivity contribution in [3.05, 3.63) is 40.1 Å². The number of rotatable bonds is 6. The Morgan fingerprint density at radius 2 is 2.09 bits per heavy atom. The Morgan fingerprint density at radius 1 is 1.38 bits per heavy atom. The van der Waals surface area contributed by atoms with Gasteiger partial charge in [0, 0.05) is 41.6 Å². The number of esters is 1. The number of piperidine rings is 1. The Balaban J connectivity index is 1.38. The molecular formula is C25H34ClN3O3. The predicted molar refractivity (Wildman–Crippen MR) is 128 cm³/mol. The van der Waals surface area contributed by atoms with E-state index in [9.17, 15) is 9.90 Å². The molecular weight excluding hydrogens is 426 g/mol. The molecule has 1 aromatic carbocycles. The van der Waals surface area contributed by atoms with Gasteiger partial charge >= 0.3 is 5.97 Å².